The van der Waals surface area contributed by atoms with Crippen LogP contribution in [0.3, 0.4) is 0 Å². The summed E-state index contributed by atoms with van der Waals surface area (Å²) in [5.74, 6) is 0. The van der Waals surface area contributed by atoms with Gasteiger partial charge in [-0.1, -0.05) is 72.8 Å². The van der Waals surface area contributed by atoms with Crippen molar-refractivity contribution in [1.82, 2.24) is 0 Å². The fraction of sp³-hybridized carbons (Fsp3) is 0.0769. The number of halogens is 3. The molecule has 0 bridgehead atoms. The Morgan fingerprint density at radius 2 is 0.683 bits per heavy atom. The molecule has 0 aliphatic rings. The fourth-order valence-electron chi connectivity index (χ4n) is 3.22. The molecule has 0 heterocycles. The molecule has 4 aromatic carbocycles. The molecule has 41 heavy (non-hydrogen) atoms. The highest BCUT2D eigenvalue weighted by molar-refractivity contribution is 9.13. The molecule has 8 nitrogen and oxygen atoms in total. The molecule has 4 rings (SSSR count). The summed E-state index contributed by atoms with van der Waals surface area (Å²) in [4.78, 5) is -4.62. The third-order valence-corrected chi connectivity index (χ3v) is 16.6. The normalized spacial score (nSPS) is 12.8. The van der Waals surface area contributed by atoms with Crippen LogP contribution in [0.4, 0.5) is 8.78 Å². The summed E-state index contributed by atoms with van der Waals surface area (Å²) in [6.07, 6.45) is 0. The Balaban J connectivity index is 0.000000226. The Hall–Kier alpha value is -2.98. The maximum atomic E-state index is 14.8. The number of hydrogen-bond acceptors (Lipinski definition) is 8. The second-order valence-electron chi connectivity index (χ2n) is 8.09. The first kappa shape index (κ1) is 32.5. The van der Waals surface area contributed by atoms with Gasteiger partial charge in [0.2, 0.25) is 39.3 Å². The van der Waals surface area contributed by atoms with E-state index in [1.165, 1.54) is 48.5 Å². The van der Waals surface area contributed by atoms with Gasteiger partial charge in [0.25, 0.3) is 0 Å². The summed E-state index contributed by atoms with van der Waals surface area (Å²) in [5, 5.41) is 0. The third-order valence-electron chi connectivity index (χ3n) is 5.36. The van der Waals surface area contributed by atoms with Crippen LogP contribution in [0.2, 0.25) is 0 Å². The van der Waals surface area contributed by atoms with Gasteiger partial charge in [-0.2, -0.15) is 4.39 Å². The van der Waals surface area contributed by atoms with Gasteiger partial charge in [-0.15, -0.1) is 0 Å². The number of alkyl halides is 3. The molecule has 0 saturated carbocycles. The van der Waals surface area contributed by atoms with Crippen LogP contribution in [0.1, 0.15) is 0 Å². The molecule has 0 aromatic heterocycles. The van der Waals surface area contributed by atoms with Gasteiger partial charge in [0.1, 0.15) is 0 Å². The maximum absolute atomic E-state index is 14.8. The van der Waals surface area contributed by atoms with Crippen molar-refractivity contribution in [3.63, 3.8) is 0 Å². The van der Waals surface area contributed by atoms with Crippen LogP contribution >= 0.6 is 15.9 Å². The van der Waals surface area contributed by atoms with E-state index < -0.39 is 57.2 Å². The SMILES string of the molecule is O=S(=O)(c1ccccc1)C(F)(Br)S(=O)(=O)c1ccccc1.O=S(=O)(c1ccccc1)C(F)S(=O)(=O)c1ccccc1. The second-order valence-corrected chi connectivity index (χ2v) is 18.8. The Morgan fingerprint density at radius 1 is 0.463 bits per heavy atom. The summed E-state index contributed by atoms with van der Waals surface area (Å²) in [7, 11) is -18.8. The van der Waals surface area contributed by atoms with E-state index in [0.29, 0.717) is 0 Å². The Morgan fingerprint density at radius 3 is 0.927 bits per heavy atom. The van der Waals surface area contributed by atoms with Gasteiger partial charge >= 0.3 is 8.08 Å². The van der Waals surface area contributed by atoms with Crippen molar-refractivity contribution in [2.24, 2.45) is 0 Å². The lowest BCUT2D eigenvalue weighted by Crippen LogP contribution is -2.36. The molecule has 0 amide bonds. The van der Waals surface area contributed by atoms with E-state index in [2.05, 4.69) is 15.9 Å². The molecule has 0 saturated heterocycles. The van der Waals surface area contributed by atoms with Gasteiger partial charge in [-0.25, -0.2) is 38.1 Å². The minimum atomic E-state index is -4.78. The molecule has 0 atom stereocenters. The highest BCUT2D eigenvalue weighted by Gasteiger charge is 2.55. The molecule has 0 fully saturated rings. The Bertz CT molecular complexity index is 1760. The topological polar surface area (TPSA) is 137 Å². The molecule has 0 aliphatic carbocycles. The molecule has 4 aromatic rings. The molecular formula is C26H21BrF2O8S4. The van der Waals surface area contributed by atoms with E-state index in [1.807, 2.05) is 0 Å². The average molecular weight is 708 g/mol. The van der Waals surface area contributed by atoms with E-state index >= 15 is 0 Å². The lowest BCUT2D eigenvalue weighted by Gasteiger charge is -2.19. The zero-order valence-electron chi connectivity index (χ0n) is 20.7. The van der Waals surface area contributed by atoms with Crippen LogP contribution in [0.25, 0.3) is 0 Å². The van der Waals surface area contributed by atoms with Crippen LogP contribution < -0.4 is 0 Å². The predicted octanol–water partition coefficient (Wildman–Crippen LogP) is 5.10. The quantitative estimate of drug-likeness (QED) is 0.231. The van der Waals surface area contributed by atoms with Gasteiger partial charge in [-0.3, -0.25) is 0 Å². The van der Waals surface area contributed by atoms with Gasteiger partial charge < -0.3 is 0 Å². The number of hydrogen-bond donors (Lipinski definition) is 0. The van der Waals surface area contributed by atoms with Crippen molar-refractivity contribution in [2.75, 3.05) is 0 Å². The van der Waals surface area contributed by atoms with Crippen molar-refractivity contribution in [1.29, 1.82) is 0 Å². The molecule has 0 unspecified atom stereocenters. The predicted molar refractivity (Wildman–Crippen MR) is 152 cm³/mol. The number of benzene rings is 4. The summed E-state index contributed by atoms with van der Waals surface area (Å²) in [6.45, 7) is 0. The van der Waals surface area contributed by atoms with Crippen molar-refractivity contribution in [2.45, 2.75) is 27.7 Å². The van der Waals surface area contributed by atoms with Crippen LogP contribution in [0.5, 0.6) is 0 Å². The smallest absolute Gasteiger partial charge is 0.220 e. The summed E-state index contributed by atoms with van der Waals surface area (Å²) < 4.78 is 122. The molecule has 0 radical (unpaired) electrons. The highest BCUT2D eigenvalue weighted by atomic mass is 79.9. The van der Waals surface area contributed by atoms with Crippen molar-refractivity contribution >= 4 is 55.3 Å². The largest absolute Gasteiger partial charge is 0.370 e. The lowest BCUT2D eigenvalue weighted by atomic mass is 10.4. The van der Waals surface area contributed by atoms with Crippen molar-refractivity contribution < 1.29 is 42.5 Å². The number of rotatable bonds is 8. The van der Waals surface area contributed by atoms with Gasteiger partial charge in [-0.05, 0) is 64.5 Å². The van der Waals surface area contributed by atoms with Crippen LogP contribution in [-0.4, -0.2) is 41.7 Å². The van der Waals surface area contributed by atoms with Crippen LogP contribution in [0.15, 0.2) is 141 Å². The first-order valence-corrected chi connectivity index (χ1v) is 18.1. The van der Waals surface area contributed by atoms with Crippen LogP contribution in [-0.2, 0) is 39.3 Å². The zero-order valence-corrected chi connectivity index (χ0v) is 25.5. The Labute approximate surface area is 245 Å². The third kappa shape index (κ3) is 6.59. The molecule has 0 N–H and O–H groups in total. The molecule has 0 aliphatic heterocycles. The average Bonchev–Trinajstić information content (AvgIpc) is 2.98. The molecular weight excluding hydrogens is 686 g/mol. The Kier molecular flexibility index (Phi) is 9.91. The van der Waals surface area contributed by atoms with E-state index in [9.17, 15) is 42.5 Å². The van der Waals surface area contributed by atoms with Crippen LogP contribution in [0, 0.1) is 0 Å². The summed E-state index contributed by atoms with van der Waals surface area (Å²) in [5.41, 5.74) is 0. The summed E-state index contributed by atoms with van der Waals surface area (Å²) in [6, 6.07) is 26.4. The maximum Gasteiger partial charge on any atom is 0.370 e. The standard InChI is InChI=1S/C13H10BrFO4S2.C13H11FO4S2/c14-13(15,20(16,17)11-7-3-1-4-8-11)21(18,19)12-9-5-2-6-10-12;14-13(19(15,16)11-7-3-1-4-8-11)20(17,18)12-9-5-2-6-10-12/h1-10H;1-10,13H. The van der Waals surface area contributed by atoms with Gasteiger partial charge in [0.05, 0.1) is 19.6 Å². The minimum Gasteiger partial charge on any atom is -0.220 e. The first-order valence-electron chi connectivity index (χ1n) is 11.3. The van der Waals surface area contributed by atoms with E-state index in [0.717, 1.165) is 48.5 Å². The van der Waals surface area contributed by atoms with Gasteiger partial charge in [0.15, 0.2) is 0 Å². The van der Waals surface area contributed by atoms with E-state index in [1.54, 1.807) is 24.3 Å². The zero-order chi connectivity index (χ0) is 30.5. The van der Waals surface area contributed by atoms with Crippen molar-refractivity contribution in [3.05, 3.63) is 121 Å². The number of sulfone groups is 4. The minimum absolute atomic E-state index is 0.369. The van der Waals surface area contributed by atoms with E-state index in [4.69, 9.17) is 0 Å². The lowest BCUT2D eigenvalue weighted by molar-refractivity contribution is 0.457. The molecule has 218 valence electrons. The summed E-state index contributed by atoms with van der Waals surface area (Å²) >= 11 is 2.26. The highest BCUT2D eigenvalue weighted by Crippen LogP contribution is 2.41. The van der Waals surface area contributed by atoms with Gasteiger partial charge in [0, 0.05) is 0 Å². The fourth-order valence-corrected chi connectivity index (χ4v) is 11.2. The van der Waals surface area contributed by atoms with E-state index in [-0.39, 0.29) is 9.79 Å². The molecule has 15 heteroatoms. The monoisotopic (exact) mass is 706 g/mol. The molecule has 0 spiro atoms. The van der Waals surface area contributed by atoms with Crippen molar-refractivity contribution in [3.8, 4) is 0 Å². The first-order chi connectivity index (χ1) is 19.1. The second kappa shape index (κ2) is 12.5.